The lowest BCUT2D eigenvalue weighted by Crippen LogP contribution is -2.31. The second-order valence-electron chi connectivity index (χ2n) is 4.30. The van der Waals surface area contributed by atoms with E-state index in [1.807, 2.05) is 4.98 Å². The number of hydrogen-bond donors (Lipinski definition) is 1. The van der Waals surface area contributed by atoms with E-state index in [4.69, 9.17) is 4.74 Å². The summed E-state index contributed by atoms with van der Waals surface area (Å²) in [6, 6.07) is 6.38. The number of carbonyl (C=O) groups is 2. The number of Topliss-reactive ketones (excluding diaryl/α,β-unsaturated/α-hetero) is 1. The van der Waals surface area contributed by atoms with Gasteiger partial charge in [-0.3, -0.25) is 23.9 Å². The molecule has 0 spiro atoms. The van der Waals surface area contributed by atoms with E-state index in [1.165, 1.54) is 18.2 Å². The molecule has 1 aromatic heterocycles. The first-order valence-corrected chi connectivity index (χ1v) is 6.20. The number of H-pyrrole nitrogens is 1. The largest absolute Gasteiger partial charge is 0.456 e. The zero-order valence-electron chi connectivity index (χ0n) is 11.2. The number of nitrogens with one attached hydrogen (secondary N) is 1. The summed E-state index contributed by atoms with van der Waals surface area (Å²) in [7, 11) is 0. The van der Waals surface area contributed by atoms with Crippen molar-refractivity contribution in [1.29, 1.82) is 0 Å². The van der Waals surface area contributed by atoms with Gasteiger partial charge in [0.05, 0.1) is 5.56 Å². The van der Waals surface area contributed by atoms with Crippen molar-refractivity contribution in [3.63, 3.8) is 0 Å². The highest BCUT2D eigenvalue weighted by molar-refractivity contribution is 5.98. The number of aromatic nitrogens is 2. The van der Waals surface area contributed by atoms with Crippen molar-refractivity contribution in [2.24, 2.45) is 0 Å². The summed E-state index contributed by atoms with van der Waals surface area (Å²) >= 11 is 0. The minimum Gasteiger partial charge on any atom is -0.456 e. The summed E-state index contributed by atoms with van der Waals surface area (Å²) in [6.07, 6.45) is 1.13. The van der Waals surface area contributed by atoms with Gasteiger partial charge in [-0.2, -0.15) is 0 Å². The average molecular weight is 306 g/mol. The van der Waals surface area contributed by atoms with Crippen LogP contribution in [-0.2, 0) is 16.1 Å². The molecule has 114 valence electrons. The molecule has 0 fully saturated rings. The van der Waals surface area contributed by atoms with Gasteiger partial charge in [-0.25, -0.2) is 9.18 Å². The van der Waals surface area contributed by atoms with Gasteiger partial charge in [0.1, 0.15) is 12.4 Å². The maximum atomic E-state index is 13.4. The molecule has 0 unspecified atom stereocenters. The van der Waals surface area contributed by atoms with Crippen LogP contribution in [0, 0.1) is 5.82 Å². The number of esters is 1. The highest BCUT2D eigenvalue weighted by atomic mass is 19.1. The fourth-order valence-electron chi connectivity index (χ4n) is 1.66. The summed E-state index contributed by atoms with van der Waals surface area (Å²) in [5.74, 6) is -2.26. The number of ketones is 1. The molecule has 8 heteroatoms. The van der Waals surface area contributed by atoms with Crippen molar-refractivity contribution in [1.82, 2.24) is 9.55 Å². The zero-order chi connectivity index (χ0) is 16.1. The minimum absolute atomic E-state index is 0.184. The first-order chi connectivity index (χ1) is 10.5. The molecule has 0 radical (unpaired) electrons. The van der Waals surface area contributed by atoms with Crippen LogP contribution in [0.15, 0.2) is 46.1 Å². The van der Waals surface area contributed by atoms with Crippen LogP contribution < -0.4 is 11.2 Å². The predicted octanol–water partition coefficient (Wildman–Crippen LogP) is 0.102. The van der Waals surface area contributed by atoms with Gasteiger partial charge in [-0.1, -0.05) is 12.1 Å². The molecule has 1 N–H and O–H groups in total. The van der Waals surface area contributed by atoms with Gasteiger partial charge < -0.3 is 4.74 Å². The maximum Gasteiger partial charge on any atom is 0.328 e. The second kappa shape index (κ2) is 6.61. The van der Waals surface area contributed by atoms with Crippen molar-refractivity contribution in [2.45, 2.75) is 6.54 Å². The third kappa shape index (κ3) is 3.75. The van der Waals surface area contributed by atoms with Crippen molar-refractivity contribution >= 4 is 11.8 Å². The second-order valence-corrected chi connectivity index (χ2v) is 4.30. The van der Waals surface area contributed by atoms with E-state index in [2.05, 4.69) is 0 Å². The van der Waals surface area contributed by atoms with Crippen LogP contribution >= 0.6 is 0 Å². The molecule has 0 bridgehead atoms. The van der Waals surface area contributed by atoms with Gasteiger partial charge in [0.15, 0.2) is 6.61 Å². The Morgan fingerprint density at radius 1 is 1.18 bits per heavy atom. The monoisotopic (exact) mass is 306 g/mol. The lowest BCUT2D eigenvalue weighted by atomic mass is 10.1. The van der Waals surface area contributed by atoms with E-state index in [1.54, 1.807) is 0 Å². The zero-order valence-corrected chi connectivity index (χ0v) is 11.2. The lowest BCUT2D eigenvalue weighted by molar-refractivity contribution is -0.143. The molecule has 2 rings (SSSR count). The van der Waals surface area contributed by atoms with Crippen molar-refractivity contribution in [3.8, 4) is 0 Å². The molecule has 1 heterocycles. The van der Waals surface area contributed by atoms with E-state index < -0.39 is 42.0 Å². The normalized spacial score (nSPS) is 10.2. The Hall–Kier alpha value is -3.03. The Morgan fingerprint density at radius 3 is 2.59 bits per heavy atom. The van der Waals surface area contributed by atoms with Gasteiger partial charge in [-0.05, 0) is 12.1 Å². The Bertz CT molecular complexity index is 824. The highest BCUT2D eigenvalue weighted by Crippen LogP contribution is 2.07. The number of halogens is 1. The third-order valence-corrected chi connectivity index (χ3v) is 2.73. The molecule has 0 aliphatic heterocycles. The van der Waals surface area contributed by atoms with Crippen LogP contribution in [-0.4, -0.2) is 27.9 Å². The molecule has 1 aromatic carbocycles. The van der Waals surface area contributed by atoms with E-state index in [-0.39, 0.29) is 5.56 Å². The molecular formula is C14H11FN2O5. The first-order valence-electron chi connectivity index (χ1n) is 6.20. The van der Waals surface area contributed by atoms with Gasteiger partial charge in [0.25, 0.3) is 5.56 Å². The quantitative estimate of drug-likeness (QED) is 0.624. The number of aromatic amines is 1. The van der Waals surface area contributed by atoms with Crippen molar-refractivity contribution in [3.05, 3.63) is 68.7 Å². The minimum atomic E-state index is -0.862. The summed E-state index contributed by atoms with van der Waals surface area (Å²) in [5, 5.41) is 0. The van der Waals surface area contributed by atoms with Crippen molar-refractivity contribution < 1.29 is 18.7 Å². The van der Waals surface area contributed by atoms with Gasteiger partial charge in [0, 0.05) is 12.3 Å². The molecule has 2 aromatic rings. The highest BCUT2D eigenvalue weighted by Gasteiger charge is 2.14. The summed E-state index contributed by atoms with van der Waals surface area (Å²) in [6.45, 7) is -1.11. The fourth-order valence-corrected chi connectivity index (χ4v) is 1.66. The van der Waals surface area contributed by atoms with Gasteiger partial charge in [-0.15, -0.1) is 0 Å². The lowest BCUT2D eigenvalue weighted by Gasteiger charge is -2.06. The molecule has 0 atom stereocenters. The number of rotatable bonds is 5. The SMILES string of the molecule is O=C(Cn1ccc(=O)[nH]c1=O)OCC(=O)c1ccccc1F. The molecule has 0 saturated heterocycles. The van der Waals surface area contributed by atoms with Crippen LogP contribution in [0.1, 0.15) is 10.4 Å². The Labute approximate surface area is 123 Å². The van der Waals surface area contributed by atoms with Crippen LogP contribution in [0.25, 0.3) is 0 Å². The topological polar surface area (TPSA) is 98.2 Å². The molecule has 7 nitrogen and oxygen atoms in total. The Kier molecular flexibility index (Phi) is 4.62. The Morgan fingerprint density at radius 2 is 1.91 bits per heavy atom. The first kappa shape index (κ1) is 15.4. The van der Waals surface area contributed by atoms with Crippen molar-refractivity contribution in [2.75, 3.05) is 6.61 Å². The van der Waals surface area contributed by atoms with Crippen LogP contribution in [0.5, 0.6) is 0 Å². The van der Waals surface area contributed by atoms with Crippen LogP contribution in [0.3, 0.4) is 0 Å². The number of hydrogen-bond acceptors (Lipinski definition) is 5. The number of ether oxygens (including phenoxy) is 1. The van der Waals surface area contributed by atoms with E-state index in [0.717, 1.165) is 22.9 Å². The van der Waals surface area contributed by atoms with E-state index >= 15 is 0 Å². The van der Waals surface area contributed by atoms with E-state index in [9.17, 15) is 23.6 Å². The summed E-state index contributed by atoms with van der Waals surface area (Å²) in [4.78, 5) is 47.5. The fraction of sp³-hybridized carbons (Fsp3) is 0.143. The standard InChI is InChI=1S/C14H11FN2O5/c15-10-4-2-1-3-9(10)11(18)8-22-13(20)7-17-6-5-12(19)16-14(17)21/h1-6H,7-8H2,(H,16,19,21). The molecular weight excluding hydrogens is 295 g/mol. The molecule has 0 aliphatic rings. The molecule has 0 amide bonds. The third-order valence-electron chi connectivity index (χ3n) is 2.73. The Balaban J connectivity index is 1.96. The predicted molar refractivity (Wildman–Crippen MR) is 73.0 cm³/mol. The maximum absolute atomic E-state index is 13.4. The van der Waals surface area contributed by atoms with Gasteiger partial charge in [0.2, 0.25) is 5.78 Å². The van der Waals surface area contributed by atoms with Crippen LogP contribution in [0.4, 0.5) is 4.39 Å². The molecule has 0 aliphatic carbocycles. The van der Waals surface area contributed by atoms with Gasteiger partial charge >= 0.3 is 11.7 Å². The number of benzene rings is 1. The molecule has 22 heavy (non-hydrogen) atoms. The number of nitrogens with zero attached hydrogens (tertiary/aromatic N) is 1. The van der Waals surface area contributed by atoms with Crippen LogP contribution in [0.2, 0.25) is 0 Å². The summed E-state index contributed by atoms with van der Waals surface area (Å²) < 4.78 is 19.0. The van der Waals surface area contributed by atoms with E-state index in [0.29, 0.717) is 0 Å². The average Bonchev–Trinajstić information content (AvgIpc) is 2.48. The summed E-state index contributed by atoms with van der Waals surface area (Å²) in [5.41, 5.74) is -1.55. The molecule has 0 saturated carbocycles. The number of carbonyl (C=O) groups excluding carboxylic acids is 2. The smallest absolute Gasteiger partial charge is 0.328 e.